The highest BCUT2D eigenvalue weighted by atomic mass is 19.4. The predicted molar refractivity (Wildman–Crippen MR) is 89.3 cm³/mol. The highest BCUT2D eigenvalue weighted by Gasteiger charge is 2.35. The normalized spacial score (nSPS) is 11.4. The molecule has 0 atom stereocenters. The smallest absolute Gasteiger partial charge is 0.258 e. The number of benzene rings is 2. The first kappa shape index (κ1) is 17.5. The standard InChI is InChI=1S/C18H12F3N3O2/c1-11-2-4-13(5-3-11)17-22-10-15(18(19,20)21)16(23-17)12-6-8-14(9-7-12)24(25)26/h2-10H,1H3. The number of rotatable bonds is 3. The van der Waals surface area contributed by atoms with Gasteiger partial charge in [-0.3, -0.25) is 10.1 Å². The van der Waals surface area contributed by atoms with Gasteiger partial charge < -0.3 is 0 Å². The molecule has 2 aromatic carbocycles. The molecular formula is C18H12F3N3O2. The van der Waals surface area contributed by atoms with Crippen molar-refractivity contribution in [2.75, 3.05) is 0 Å². The van der Waals surface area contributed by atoms with Gasteiger partial charge in [-0.15, -0.1) is 0 Å². The summed E-state index contributed by atoms with van der Waals surface area (Å²) >= 11 is 0. The van der Waals surface area contributed by atoms with E-state index < -0.39 is 16.7 Å². The third kappa shape index (κ3) is 3.53. The molecule has 0 amide bonds. The number of hydrogen-bond donors (Lipinski definition) is 0. The van der Waals surface area contributed by atoms with Crippen molar-refractivity contribution in [3.05, 3.63) is 76.0 Å². The Kier molecular flexibility index (Phi) is 4.41. The lowest BCUT2D eigenvalue weighted by molar-refractivity contribution is -0.384. The van der Waals surface area contributed by atoms with Gasteiger partial charge in [0.1, 0.15) is 5.56 Å². The zero-order valence-corrected chi connectivity index (χ0v) is 13.5. The lowest BCUT2D eigenvalue weighted by Crippen LogP contribution is -2.10. The monoisotopic (exact) mass is 359 g/mol. The lowest BCUT2D eigenvalue weighted by atomic mass is 10.1. The third-order valence-corrected chi connectivity index (χ3v) is 3.76. The molecule has 0 N–H and O–H groups in total. The number of aromatic nitrogens is 2. The van der Waals surface area contributed by atoms with Crippen molar-refractivity contribution in [2.45, 2.75) is 13.1 Å². The number of hydrogen-bond acceptors (Lipinski definition) is 4. The molecule has 0 radical (unpaired) electrons. The minimum absolute atomic E-state index is 0.124. The molecule has 1 heterocycles. The van der Waals surface area contributed by atoms with Crippen molar-refractivity contribution in [1.29, 1.82) is 0 Å². The van der Waals surface area contributed by atoms with E-state index in [1.54, 1.807) is 12.1 Å². The molecule has 0 aliphatic carbocycles. The quantitative estimate of drug-likeness (QED) is 0.485. The van der Waals surface area contributed by atoms with Crippen LogP contribution >= 0.6 is 0 Å². The molecule has 0 bridgehead atoms. The second kappa shape index (κ2) is 6.55. The van der Waals surface area contributed by atoms with Gasteiger partial charge in [-0.05, 0) is 19.1 Å². The van der Waals surface area contributed by atoms with Crippen LogP contribution in [0.1, 0.15) is 11.1 Å². The molecule has 0 aliphatic rings. The Morgan fingerprint density at radius 2 is 1.54 bits per heavy atom. The maximum Gasteiger partial charge on any atom is 0.419 e. The molecule has 0 aliphatic heterocycles. The summed E-state index contributed by atoms with van der Waals surface area (Å²) in [5.41, 5.74) is 0.165. The molecule has 5 nitrogen and oxygen atoms in total. The SMILES string of the molecule is Cc1ccc(-c2ncc(C(F)(F)F)c(-c3ccc([N+](=O)[O-])cc3)n2)cc1. The summed E-state index contributed by atoms with van der Waals surface area (Å²) in [5, 5.41) is 10.7. The fourth-order valence-corrected chi connectivity index (χ4v) is 2.39. The van der Waals surface area contributed by atoms with E-state index in [1.807, 2.05) is 19.1 Å². The van der Waals surface area contributed by atoms with Gasteiger partial charge in [0.2, 0.25) is 0 Å². The van der Waals surface area contributed by atoms with E-state index in [9.17, 15) is 23.3 Å². The van der Waals surface area contributed by atoms with E-state index in [0.29, 0.717) is 5.56 Å². The Balaban J connectivity index is 2.15. The minimum atomic E-state index is -4.65. The highest BCUT2D eigenvalue weighted by Crippen LogP contribution is 2.37. The highest BCUT2D eigenvalue weighted by molar-refractivity contribution is 5.68. The van der Waals surface area contributed by atoms with Crippen molar-refractivity contribution in [2.24, 2.45) is 0 Å². The summed E-state index contributed by atoms with van der Waals surface area (Å²) in [6.45, 7) is 1.89. The average Bonchev–Trinajstić information content (AvgIpc) is 2.61. The molecule has 1 aromatic heterocycles. The van der Waals surface area contributed by atoms with E-state index in [2.05, 4.69) is 9.97 Å². The van der Waals surface area contributed by atoms with E-state index in [1.165, 1.54) is 12.1 Å². The number of nitrogens with zero attached hydrogens (tertiary/aromatic N) is 3. The van der Waals surface area contributed by atoms with E-state index in [0.717, 1.165) is 23.9 Å². The van der Waals surface area contributed by atoms with Crippen LogP contribution in [0.2, 0.25) is 0 Å². The van der Waals surface area contributed by atoms with E-state index >= 15 is 0 Å². The number of halogens is 3. The van der Waals surface area contributed by atoms with Crippen LogP contribution in [0.15, 0.2) is 54.7 Å². The number of nitro benzene ring substituents is 1. The Morgan fingerprint density at radius 3 is 2.08 bits per heavy atom. The second-order valence-corrected chi connectivity index (χ2v) is 5.62. The Morgan fingerprint density at radius 1 is 0.962 bits per heavy atom. The molecule has 0 saturated carbocycles. The Hall–Kier alpha value is -3.29. The van der Waals surface area contributed by atoms with Crippen LogP contribution < -0.4 is 0 Å². The first-order chi connectivity index (χ1) is 12.3. The van der Waals surface area contributed by atoms with Gasteiger partial charge in [-0.25, -0.2) is 9.97 Å². The molecule has 132 valence electrons. The molecular weight excluding hydrogens is 347 g/mol. The van der Waals surface area contributed by atoms with Gasteiger partial charge in [0, 0.05) is 29.5 Å². The summed E-state index contributed by atoms with van der Waals surface area (Å²) in [6.07, 6.45) is -3.91. The zero-order valence-electron chi connectivity index (χ0n) is 13.5. The van der Waals surface area contributed by atoms with E-state index in [-0.39, 0.29) is 22.8 Å². The van der Waals surface area contributed by atoms with Crippen molar-refractivity contribution in [3.8, 4) is 22.6 Å². The first-order valence-electron chi connectivity index (χ1n) is 7.52. The molecule has 0 spiro atoms. The first-order valence-corrected chi connectivity index (χ1v) is 7.52. The van der Waals surface area contributed by atoms with Gasteiger partial charge in [0.05, 0.1) is 10.6 Å². The summed E-state index contributed by atoms with van der Waals surface area (Å²) in [5.74, 6) is 0.145. The van der Waals surface area contributed by atoms with Gasteiger partial charge in [0.25, 0.3) is 5.69 Å². The fourth-order valence-electron chi connectivity index (χ4n) is 2.39. The van der Waals surface area contributed by atoms with Crippen molar-refractivity contribution >= 4 is 5.69 Å². The summed E-state index contributed by atoms with van der Waals surface area (Å²) in [7, 11) is 0. The summed E-state index contributed by atoms with van der Waals surface area (Å²) in [4.78, 5) is 18.0. The van der Waals surface area contributed by atoms with E-state index in [4.69, 9.17) is 0 Å². The van der Waals surface area contributed by atoms with Gasteiger partial charge in [-0.2, -0.15) is 13.2 Å². The Labute approximate surface area is 146 Å². The zero-order chi connectivity index (χ0) is 18.9. The van der Waals surface area contributed by atoms with Crippen LogP contribution in [0.5, 0.6) is 0 Å². The van der Waals surface area contributed by atoms with Crippen LogP contribution in [0.25, 0.3) is 22.6 Å². The maximum absolute atomic E-state index is 13.3. The molecule has 0 saturated heterocycles. The van der Waals surface area contributed by atoms with Crippen LogP contribution in [-0.2, 0) is 6.18 Å². The summed E-state index contributed by atoms with van der Waals surface area (Å²) in [6, 6.07) is 11.8. The molecule has 0 fully saturated rings. The van der Waals surface area contributed by atoms with Crippen molar-refractivity contribution in [1.82, 2.24) is 9.97 Å². The number of nitro groups is 1. The number of aryl methyl sites for hydroxylation is 1. The average molecular weight is 359 g/mol. The Bertz CT molecular complexity index is 953. The molecule has 3 aromatic rings. The predicted octanol–water partition coefficient (Wildman–Crippen LogP) is 5.05. The largest absolute Gasteiger partial charge is 0.419 e. The molecule has 3 rings (SSSR count). The van der Waals surface area contributed by atoms with Gasteiger partial charge >= 0.3 is 6.18 Å². The van der Waals surface area contributed by atoms with Crippen LogP contribution in [-0.4, -0.2) is 14.9 Å². The lowest BCUT2D eigenvalue weighted by Gasteiger charge is -2.13. The van der Waals surface area contributed by atoms with Gasteiger partial charge in [-0.1, -0.05) is 29.8 Å². The number of non-ortho nitro benzene ring substituents is 1. The topological polar surface area (TPSA) is 68.9 Å². The minimum Gasteiger partial charge on any atom is -0.258 e. The van der Waals surface area contributed by atoms with Crippen LogP contribution in [0, 0.1) is 17.0 Å². The second-order valence-electron chi connectivity index (χ2n) is 5.62. The van der Waals surface area contributed by atoms with Crippen molar-refractivity contribution < 1.29 is 18.1 Å². The number of alkyl halides is 3. The fraction of sp³-hybridized carbons (Fsp3) is 0.111. The molecule has 0 unspecified atom stereocenters. The summed E-state index contributed by atoms with van der Waals surface area (Å²) < 4.78 is 40.0. The van der Waals surface area contributed by atoms with Crippen LogP contribution in [0.3, 0.4) is 0 Å². The van der Waals surface area contributed by atoms with Gasteiger partial charge in [0.15, 0.2) is 5.82 Å². The molecule has 8 heteroatoms. The van der Waals surface area contributed by atoms with Crippen LogP contribution in [0.4, 0.5) is 18.9 Å². The molecule has 26 heavy (non-hydrogen) atoms. The van der Waals surface area contributed by atoms with Crippen molar-refractivity contribution in [3.63, 3.8) is 0 Å². The maximum atomic E-state index is 13.3. The third-order valence-electron chi connectivity index (χ3n) is 3.76.